The Morgan fingerprint density at radius 2 is 1.87 bits per heavy atom. The molecule has 0 saturated heterocycles. The smallest absolute Gasteiger partial charge is 0.269 e. The van der Waals surface area contributed by atoms with Crippen LogP contribution in [-0.4, -0.2) is 39.0 Å². The van der Waals surface area contributed by atoms with E-state index in [-0.39, 0.29) is 11.6 Å². The lowest BCUT2D eigenvalue weighted by Gasteiger charge is -2.22. The Bertz CT molecular complexity index is 1040. The second kappa shape index (κ2) is 10.3. The number of aromatic nitrogens is 2. The van der Waals surface area contributed by atoms with E-state index in [4.69, 9.17) is 4.52 Å². The van der Waals surface area contributed by atoms with Gasteiger partial charge in [-0.25, -0.2) is 0 Å². The molecular weight excluding hydrogens is 396 g/mol. The van der Waals surface area contributed by atoms with Gasteiger partial charge in [-0.1, -0.05) is 49.3 Å². The van der Waals surface area contributed by atoms with Crippen LogP contribution >= 0.6 is 0 Å². The van der Waals surface area contributed by atoms with Crippen molar-refractivity contribution in [3.8, 4) is 11.4 Å². The highest BCUT2D eigenvalue weighted by Crippen LogP contribution is 2.20. The molecule has 1 amide bonds. The number of nitro groups is 1. The fraction of sp³-hybridized carbons (Fsp3) is 0.261. The first-order chi connectivity index (χ1) is 14.9. The van der Waals surface area contributed by atoms with Crippen LogP contribution in [0, 0.1) is 16.0 Å². The van der Waals surface area contributed by atoms with Crippen molar-refractivity contribution in [1.82, 2.24) is 15.0 Å². The third-order valence-electron chi connectivity index (χ3n) is 4.52. The number of carbonyl (C=O) groups excluding carboxylic acids is 1. The molecule has 0 aliphatic carbocycles. The van der Waals surface area contributed by atoms with Gasteiger partial charge in [0.25, 0.3) is 5.69 Å². The van der Waals surface area contributed by atoms with Crippen molar-refractivity contribution in [2.24, 2.45) is 5.92 Å². The normalized spacial score (nSPS) is 11.2. The van der Waals surface area contributed by atoms with Crippen LogP contribution < -0.4 is 0 Å². The SMILES string of the molecule is CC(C)CN(CCc1nc(-c2ccc([N+](=O)[O-])cc2)no1)C(=O)/C=C/c1ccccc1. The summed E-state index contributed by atoms with van der Waals surface area (Å²) in [5.41, 5.74) is 1.59. The summed E-state index contributed by atoms with van der Waals surface area (Å²) >= 11 is 0. The molecule has 0 spiro atoms. The molecule has 160 valence electrons. The van der Waals surface area contributed by atoms with Gasteiger partial charge in [-0.15, -0.1) is 0 Å². The third kappa shape index (κ3) is 6.33. The largest absolute Gasteiger partial charge is 0.339 e. The summed E-state index contributed by atoms with van der Waals surface area (Å²) < 4.78 is 5.31. The zero-order valence-electron chi connectivity index (χ0n) is 17.5. The molecule has 0 aliphatic rings. The van der Waals surface area contributed by atoms with Gasteiger partial charge in [-0.3, -0.25) is 14.9 Å². The van der Waals surface area contributed by atoms with Crippen molar-refractivity contribution in [2.45, 2.75) is 20.3 Å². The molecule has 0 bridgehead atoms. The third-order valence-corrected chi connectivity index (χ3v) is 4.52. The van der Waals surface area contributed by atoms with Crippen molar-refractivity contribution in [3.05, 3.63) is 82.2 Å². The molecule has 0 saturated carbocycles. The van der Waals surface area contributed by atoms with E-state index >= 15 is 0 Å². The number of nitro benzene ring substituents is 1. The number of rotatable bonds is 9. The Balaban J connectivity index is 1.64. The first-order valence-electron chi connectivity index (χ1n) is 10.0. The molecule has 3 rings (SSSR count). The van der Waals surface area contributed by atoms with Crippen LogP contribution in [0.3, 0.4) is 0 Å². The van der Waals surface area contributed by atoms with Crippen molar-refractivity contribution in [1.29, 1.82) is 0 Å². The summed E-state index contributed by atoms with van der Waals surface area (Å²) in [5, 5.41) is 14.7. The van der Waals surface area contributed by atoms with E-state index in [0.717, 1.165) is 5.56 Å². The van der Waals surface area contributed by atoms with E-state index in [2.05, 4.69) is 24.0 Å². The molecule has 0 N–H and O–H groups in total. The van der Waals surface area contributed by atoms with E-state index in [1.807, 2.05) is 30.3 Å². The topological polar surface area (TPSA) is 102 Å². The first-order valence-corrected chi connectivity index (χ1v) is 10.0. The highest BCUT2D eigenvalue weighted by molar-refractivity contribution is 5.91. The summed E-state index contributed by atoms with van der Waals surface area (Å²) in [7, 11) is 0. The average Bonchev–Trinajstić information content (AvgIpc) is 3.24. The number of nitrogens with zero attached hydrogens (tertiary/aromatic N) is 4. The van der Waals surface area contributed by atoms with Gasteiger partial charge in [0.1, 0.15) is 0 Å². The highest BCUT2D eigenvalue weighted by Gasteiger charge is 2.16. The molecule has 0 unspecified atom stereocenters. The second-order valence-electron chi connectivity index (χ2n) is 7.49. The molecule has 0 atom stereocenters. The van der Waals surface area contributed by atoms with Gasteiger partial charge in [0, 0.05) is 43.3 Å². The van der Waals surface area contributed by atoms with Crippen molar-refractivity contribution < 1.29 is 14.2 Å². The summed E-state index contributed by atoms with van der Waals surface area (Å²) in [6.45, 7) is 5.17. The van der Waals surface area contributed by atoms with E-state index in [1.165, 1.54) is 12.1 Å². The molecule has 8 nitrogen and oxygen atoms in total. The monoisotopic (exact) mass is 420 g/mol. The molecule has 0 radical (unpaired) electrons. The van der Waals surface area contributed by atoms with Gasteiger partial charge in [-0.2, -0.15) is 4.98 Å². The fourth-order valence-electron chi connectivity index (χ4n) is 3.01. The average molecular weight is 420 g/mol. The van der Waals surface area contributed by atoms with Gasteiger partial charge in [-0.05, 0) is 29.7 Å². The predicted octanol–water partition coefficient (Wildman–Crippen LogP) is 4.39. The Kier molecular flexibility index (Phi) is 7.26. The van der Waals surface area contributed by atoms with Gasteiger partial charge in [0.15, 0.2) is 0 Å². The van der Waals surface area contributed by atoms with Crippen molar-refractivity contribution in [2.75, 3.05) is 13.1 Å². The minimum absolute atomic E-state index is 0.00105. The van der Waals surface area contributed by atoms with E-state index in [0.29, 0.717) is 42.7 Å². The van der Waals surface area contributed by atoms with E-state index < -0.39 is 4.92 Å². The lowest BCUT2D eigenvalue weighted by Crippen LogP contribution is -2.34. The molecule has 8 heteroatoms. The van der Waals surface area contributed by atoms with Crippen molar-refractivity contribution in [3.63, 3.8) is 0 Å². The summed E-state index contributed by atoms with van der Waals surface area (Å²) in [6.07, 6.45) is 3.79. The Morgan fingerprint density at radius 1 is 1.16 bits per heavy atom. The molecule has 1 aromatic heterocycles. The zero-order valence-corrected chi connectivity index (χ0v) is 17.5. The second-order valence-corrected chi connectivity index (χ2v) is 7.49. The summed E-state index contributed by atoms with van der Waals surface area (Å²) in [5.74, 6) is 0.998. The number of amides is 1. The Morgan fingerprint density at radius 3 is 2.52 bits per heavy atom. The van der Waals surface area contributed by atoms with Gasteiger partial charge in [0.05, 0.1) is 4.92 Å². The number of hydrogen-bond donors (Lipinski definition) is 0. The van der Waals surface area contributed by atoms with Gasteiger partial charge in [0.2, 0.25) is 17.6 Å². The van der Waals surface area contributed by atoms with Crippen LogP contribution in [0.4, 0.5) is 5.69 Å². The van der Waals surface area contributed by atoms with Crippen LogP contribution in [0.15, 0.2) is 65.2 Å². The van der Waals surface area contributed by atoms with Crippen LogP contribution in [-0.2, 0) is 11.2 Å². The standard InChI is InChI=1S/C23H24N4O4/c1-17(2)16-26(22(28)13-8-18-6-4-3-5-7-18)15-14-21-24-23(25-31-21)19-9-11-20(12-10-19)27(29)30/h3-13,17H,14-16H2,1-2H3/b13-8+. The number of hydrogen-bond acceptors (Lipinski definition) is 6. The molecular formula is C23H24N4O4. The maximum atomic E-state index is 12.7. The minimum Gasteiger partial charge on any atom is -0.339 e. The maximum absolute atomic E-state index is 12.7. The lowest BCUT2D eigenvalue weighted by molar-refractivity contribution is -0.384. The number of benzene rings is 2. The van der Waals surface area contributed by atoms with Crippen LogP contribution in [0.5, 0.6) is 0 Å². The molecule has 3 aromatic rings. The summed E-state index contributed by atoms with van der Waals surface area (Å²) in [6, 6.07) is 15.6. The van der Waals surface area contributed by atoms with Gasteiger partial charge >= 0.3 is 0 Å². The van der Waals surface area contributed by atoms with Crippen LogP contribution in [0.2, 0.25) is 0 Å². The first kappa shape index (κ1) is 21.9. The predicted molar refractivity (Wildman–Crippen MR) is 117 cm³/mol. The highest BCUT2D eigenvalue weighted by atomic mass is 16.6. The summed E-state index contributed by atoms with van der Waals surface area (Å²) in [4.78, 5) is 29.1. The molecule has 2 aromatic carbocycles. The molecule has 0 aliphatic heterocycles. The zero-order chi connectivity index (χ0) is 22.2. The molecule has 0 fully saturated rings. The fourth-order valence-corrected chi connectivity index (χ4v) is 3.01. The number of non-ortho nitro benzene ring substituents is 1. The van der Waals surface area contributed by atoms with Gasteiger partial charge < -0.3 is 9.42 Å². The van der Waals surface area contributed by atoms with Crippen LogP contribution in [0.1, 0.15) is 25.3 Å². The lowest BCUT2D eigenvalue weighted by atomic mass is 10.2. The van der Waals surface area contributed by atoms with Crippen molar-refractivity contribution >= 4 is 17.7 Å². The van der Waals surface area contributed by atoms with Crippen LogP contribution in [0.25, 0.3) is 17.5 Å². The molecule has 31 heavy (non-hydrogen) atoms. The Labute approximate surface area is 180 Å². The minimum atomic E-state index is -0.460. The number of carbonyl (C=O) groups is 1. The molecule has 1 heterocycles. The maximum Gasteiger partial charge on any atom is 0.269 e. The quantitative estimate of drug-likeness (QED) is 0.289. The Hall–Kier alpha value is -3.81. The van der Waals surface area contributed by atoms with E-state index in [1.54, 1.807) is 29.2 Å². The van der Waals surface area contributed by atoms with E-state index in [9.17, 15) is 14.9 Å².